The minimum atomic E-state index is -0.382. The Balaban J connectivity index is 1.93. The van der Waals surface area contributed by atoms with Crippen molar-refractivity contribution in [1.29, 1.82) is 0 Å². The molecule has 0 radical (unpaired) electrons. The molecule has 0 aliphatic rings. The van der Waals surface area contributed by atoms with Crippen molar-refractivity contribution in [1.82, 2.24) is 9.55 Å². The molecule has 1 N–H and O–H groups in total. The number of hydrogen-bond acceptors (Lipinski definition) is 4. The molecule has 0 bridgehead atoms. The van der Waals surface area contributed by atoms with Crippen molar-refractivity contribution >= 4 is 17.6 Å². The van der Waals surface area contributed by atoms with Crippen molar-refractivity contribution in [3.63, 3.8) is 0 Å². The normalized spacial score (nSPS) is 10.6. The SMILES string of the molecule is CCOC(=O)c1ccnc(-n2cccc2Cc2cc(Cl)ccc2O)c1. The van der Waals surface area contributed by atoms with Gasteiger partial charge < -0.3 is 14.4 Å². The molecular formula is C19H17ClN2O3. The van der Waals surface area contributed by atoms with E-state index in [1.165, 1.54) is 0 Å². The second kappa shape index (κ2) is 7.40. The molecule has 0 saturated heterocycles. The predicted molar refractivity (Wildman–Crippen MR) is 95.4 cm³/mol. The van der Waals surface area contributed by atoms with Crippen LogP contribution in [-0.4, -0.2) is 27.2 Å². The second-order valence-corrected chi connectivity index (χ2v) is 5.88. The summed E-state index contributed by atoms with van der Waals surface area (Å²) in [4.78, 5) is 16.3. The van der Waals surface area contributed by atoms with Crippen LogP contribution >= 0.6 is 11.6 Å². The summed E-state index contributed by atoms with van der Waals surface area (Å²) in [6.07, 6.45) is 3.90. The number of benzene rings is 1. The number of nitrogens with zero attached hydrogens (tertiary/aromatic N) is 2. The summed E-state index contributed by atoms with van der Waals surface area (Å²) >= 11 is 6.02. The Morgan fingerprint density at radius 2 is 2.12 bits per heavy atom. The number of carbonyl (C=O) groups is 1. The standard InChI is InChI=1S/C19H17ClN2O3/c1-2-25-19(24)13-7-8-21-18(12-13)22-9-3-4-16(22)11-14-10-15(20)5-6-17(14)23/h3-10,12,23H,2,11H2,1H3. The number of halogens is 1. The fourth-order valence-electron chi connectivity index (χ4n) is 2.57. The molecule has 6 heteroatoms. The van der Waals surface area contributed by atoms with Gasteiger partial charge in [0.25, 0.3) is 0 Å². The maximum absolute atomic E-state index is 11.9. The molecule has 0 atom stereocenters. The lowest BCUT2D eigenvalue weighted by Crippen LogP contribution is -2.08. The lowest BCUT2D eigenvalue weighted by Gasteiger charge is -2.11. The van der Waals surface area contributed by atoms with Gasteiger partial charge in [0.1, 0.15) is 11.6 Å². The topological polar surface area (TPSA) is 64.3 Å². The van der Waals surface area contributed by atoms with Gasteiger partial charge in [0.15, 0.2) is 0 Å². The number of ether oxygens (including phenoxy) is 1. The number of rotatable bonds is 5. The third-order valence-corrected chi connectivity index (χ3v) is 3.98. The van der Waals surface area contributed by atoms with Gasteiger partial charge in [0.05, 0.1) is 12.2 Å². The first kappa shape index (κ1) is 17.0. The molecule has 0 fully saturated rings. The number of aromatic hydroxyl groups is 1. The molecule has 3 aromatic rings. The molecule has 0 unspecified atom stereocenters. The molecule has 3 rings (SSSR count). The van der Waals surface area contributed by atoms with Crippen molar-refractivity contribution in [3.8, 4) is 11.6 Å². The molecular weight excluding hydrogens is 340 g/mol. The van der Waals surface area contributed by atoms with E-state index in [2.05, 4.69) is 4.98 Å². The quantitative estimate of drug-likeness (QED) is 0.702. The van der Waals surface area contributed by atoms with Crippen LogP contribution in [0.3, 0.4) is 0 Å². The van der Waals surface area contributed by atoms with Crippen LogP contribution in [0.25, 0.3) is 5.82 Å². The molecule has 2 aromatic heterocycles. The van der Waals surface area contributed by atoms with E-state index in [0.29, 0.717) is 35.0 Å². The Morgan fingerprint density at radius 1 is 1.28 bits per heavy atom. The first-order chi connectivity index (χ1) is 12.1. The van der Waals surface area contributed by atoms with Gasteiger partial charge in [-0.25, -0.2) is 9.78 Å². The zero-order valence-corrected chi connectivity index (χ0v) is 14.4. The molecule has 5 nitrogen and oxygen atoms in total. The van der Waals surface area contributed by atoms with Gasteiger partial charge >= 0.3 is 5.97 Å². The largest absolute Gasteiger partial charge is 0.508 e. The number of phenols is 1. The molecule has 0 spiro atoms. The average Bonchev–Trinajstić information content (AvgIpc) is 3.07. The fourth-order valence-corrected chi connectivity index (χ4v) is 2.76. The first-order valence-electron chi connectivity index (χ1n) is 7.85. The van der Waals surface area contributed by atoms with Crippen molar-refractivity contribution in [2.75, 3.05) is 6.61 Å². The average molecular weight is 357 g/mol. The van der Waals surface area contributed by atoms with Crippen molar-refractivity contribution < 1.29 is 14.6 Å². The van der Waals surface area contributed by atoms with E-state index >= 15 is 0 Å². The smallest absolute Gasteiger partial charge is 0.338 e. The van der Waals surface area contributed by atoms with Crippen LogP contribution in [0.4, 0.5) is 0 Å². The van der Waals surface area contributed by atoms with Crippen LogP contribution < -0.4 is 0 Å². The van der Waals surface area contributed by atoms with E-state index in [1.54, 1.807) is 43.5 Å². The summed E-state index contributed by atoms with van der Waals surface area (Å²) in [5.74, 6) is 0.407. The van der Waals surface area contributed by atoms with E-state index in [4.69, 9.17) is 16.3 Å². The molecule has 0 aliphatic carbocycles. The van der Waals surface area contributed by atoms with E-state index in [1.807, 2.05) is 22.9 Å². The molecule has 2 heterocycles. The summed E-state index contributed by atoms with van der Waals surface area (Å²) < 4.78 is 6.90. The van der Waals surface area contributed by atoms with Crippen LogP contribution in [0.1, 0.15) is 28.5 Å². The summed E-state index contributed by atoms with van der Waals surface area (Å²) in [7, 11) is 0. The maximum Gasteiger partial charge on any atom is 0.338 e. The third-order valence-electron chi connectivity index (χ3n) is 3.75. The predicted octanol–water partition coefficient (Wildman–Crippen LogP) is 4.00. The fraction of sp³-hybridized carbons (Fsp3) is 0.158. The molecule has 0 amide bonds. The Hall–Kier alpha value is -2.79. The minimum absolute atomic E-state index is 0.186. The zero-order chi connectivity index (χ0) is 17.8. The number of esters is 1. The first-order valence-corrected chi connectivity index (χ1v) is 8.23. The Labute approximate surface area is 150 Å². The van der Waals surface area contributed by atoms with Crippen LogP contribution in [-0.2, 0) is 11.2 Å². The van der Waals surface area contributed by atoms with Crippen LogP contribution in [0.5, 0.6) is 5.75 Å². The van der Waals surface area contributed by atoms with Crippen LogP contribution in [0.2, 0.25) is 5.02 Å². The molecule has 25 heavy (non-hydrogen) atoms. The number of carbonyl (C=O) groups excluding carboxylic acids is 1. The van der Waals surface area contributed by atoms with Gasteiger partial charge in [-0.3, -0.25) is 0 Å². The van der Waals surface area contributed by atoms with E-state index < -0.39 is 0 Å². The molecule has 1 aromatic carbocycles. The lowest BCUT2D eigenvalue weighted by molar-refractivity contribution is 0.0526. The number of aromatic nitrogens is 2. The van der Waals surface area contributed by atoms with Crippen molar-refractivity contribution in [2.45, 2.75) is 13.3 Å². The molecule has 0 aliphatic heterocycles. The Morgan fingerprint density at radius 3 is 2.92 bits per heavy atom. The van der Waals surface area contributed by atoms with E-state index in [-0.39, 0.29) is 11.7 Å². The van der Waals surface area contributed by atoms with Crippen LogP contribution in [0, 0.1) is 0 Å². The van der Waals surface area contributed by atoms with Gasteiger partial charge in [0, 0.05) is 35.1 Å². The monoisotopic (exact) mass is 356 g/mol. The van der Waals surface area contributed by atoms with Gasteiger partial charge in [-0.15, -0.1) is 0 Å². The number of hydrogen-bond donors (Lipinski definition) is 1. The third kappa shape index (κ3) is 3.83. The Kier molecular flexibility index (Phi) is 5.05. The molecule has 0 saturated carbocycles. The molecule has 128 valence electrons. The highest BCUT2D eigenvalue weighted by atomic mass is 35.5. The van der Waals surface area contributed by atoms with Gasteiger partial charge in [-0.1, -0.05) is 11.6 Å². The minimum Gasteiger partial charge on any atom is -0.508 e. The van der Waals surface area contributed by atoms with E-state index in [9.17, 15) is 9.90 Å². The highest BCUT2D eigenvalue weighted by Gasteiger charge is 2.12. The summed E-state index contributed by atoms with van der Waals surface area (Å²) in [6, 6.07) is 12.1. The maximum atomic E-state index is 11.9. The van der Waals surface area contributed by atoms with Gasteiger partial charge in [-0.2, -0.15) is 0 Å². The highest BCUT2D eigenvalue weighted by molar-refractivity contribution is 6.30. The summed E-state index contributed by atoms with van der Waals surface area (Å²) in [6.45, 7) is 2.08. The van der Waals surface area contributed by atoms with Gasteiger partial charge in [0.2, 0.25) is 0 Å². The van der Waals surface area contributed by atoms with E-state index in [0.717, 1.165) is 5.69 Å². The van der Waals surface area contributed by atoms with Crippen molar-refractivity contribution in [2.24, 2.45) is 0 Å². The van der Waals surface area contributed by atoms with Crippen molar-refractivity contribution in [3.05, 3.63) is 76.7 Å². The number of phenolic OH excluding ortho intramolecular Hbond substituents is 1. The van der Waals surface area contributed by atoms with Crippen LogP contribution in [0.15, 0.2) is 54.9 Å². The lowest BCUT2D eigenvalue weighted by atomic mass is 10.1. The summed E-state index contributed by atoms with van der Waals surface area (Å²) in [5, 5.41) is 10.6. The highest BCUT2D eigenvalue weighted by Crippen LogP contribution is 2.25. The zero-order valence-electron chi connectivity index (χ0n) is 13.6. The Bertz CT molecular complexity index is 905. The summed E-state index contributed by atoms with van der Waals surface area (Å²) in [5.41, 5.74) is 2.07. The second-order valence-electron chi connectivity index (χ2n) is 5.44. The number of pyridine rings is 1. The van der Waals surface area contributed by atoms with Gasteiger partial charge in [-0.05, 0) is 49.4 Å².